The van der Waals surface area contributed by atoms with E-state index in [2.05, 4.69) is 49.5 Å². The highest BCUT2D eigenvalue weighted by molar-refractivity contribution is 5.47. The Bertz CT molecular complexity index is 608. The Kier molecular flexibility index (Phi) is 5.40. The van der Waals surface area contributed by atoms with Gasteiger partial charge in [0.1, 0.15) is 0 Å². The maximum atomic E-state index is 8.96. The molecule has 1 atom stereocenters. The van der Waals surface area contributed by atoms with Gasteiger partial charge in [-0.25, -0.2) is 0 Å². The lowest BCUT2D eigenvalue weighted by molar-refractivity contribution is 0.795. The highest BCUT2D eigenvalue weighted by Gasteiger charge is 2.06. The molecule has 0 aromatic heterocycles. The largest absolute Gasteiger partial charge is 0.379 e. The number of unbranched alkanes of at least 4 members (excludes halogenated alkanes) is 1. The molecular weight excluding hydrogens is 256 g/mol. The molecule has 0 radical (unpaired) electrons. The van der Waals surface area contributed by atoms with Gasteiger partial charge in [-0.1, -0.05) is 37.6 Å². The second-order valence-corrected chi connectivity index (χ2v) is 5.40. The van der Waals surface area contributed by atoms with Crippen LogP contribution < -0.4 is 5.32 Å². The fourth-order valence-electron chi connectivity index (χ4n) is 2.36. The van der Waals surface area contributed by atoms with Crippen molar-refractivity contribution in [2.24, 2.45) is 0 Å². The summed E-state index contributed by atoms with van der Waals surface area (Å²) in [6.07, 6.45) is 3.62. The molecule has 2 nitrogen and oxygen atoms in total. The van der Waals surface area contributed by atoms with E-state index in [1.54, 1.807) is 0 Å². The topological polar surface area (TPSA) is 35.8 Å². The summed E-state index contributed by atoms with van der Waals surface area (Å²) in [4.78, 5) is 0. The van der Waals surface area contributed by atoms with Crippen LogP contribution in [0, 0.1) is 11.3 Å². The standard InChI is InChI=1S/C19H22N2/c1-3-4-6-16-9-11-19(12-10-16)21-15(2)18-8-5-7-17(13-18)14-20/h5,7-13,15,21H,3-4,6H2,1-2H3. The molecule has 2 heteroatoms. The van der Waals surface area contributed by atoms with Gasteiger partial charge in [-0.3, -0.25) is 0 Å². The summed E-state index contributed by atoms with van der Waals surface area (Å²) in [7, 11) is 0. The average molecular weight is 278 g/mol. The van der Waals surface area contributed by atoms with Crippen LogP contribution in [-0.2, 0) is 6.42 Å². The SMILES string of the molecule is CCCCc1ccc(NC(C)c2cccc(C#N)c2)cc1. The Hall–Kier alpha value is -2.27. The first-order valence-corrected chi connectivity index (χ1v) is 7.58. The molecule has 2 rings (SSSR count). The molecule has 108 valence electrons. The predicted octanol–water partition coefficient (Wildman–Crippen LogP) is 5.07. The summed E-state index contributed by atoms with van der Waals surface area (Å²) in [6.45, 7) is 4.33. The fourth-order valence-corrected chi connectivity index (χ4v) is 2.36. The molecule has 0 bridgehead atoms. The maximum Gasteiger partial charge on any atom is 0.0991 e. The number of aryl methyl sites for hydroxylation is 1. The van der Waals surface area contributed by atoms with Crippen LogP contribution in [-0.4, -0.2) is 0 Å². The smallest absolute Gasteiger partial charge is 0.0991 e. The molecule has 0 spiro atoms. The minimum Gasteiger partial charge on any atom is -0.379 e. The Labute approximate surface area is 127 Å². The van der Waals surface area contributed by atoms with Crippen LogP contribution in [0.4, 0.5) is 5.69 Å². The first-order chi connectivity index (χ1) is 10.2. The van der Waals surface area contributed by atoms with E-state index in [-0.39, 0.29) is 6.04 Å². The van der Waals surface area contributed by atoms with Crippen LogP contribution in [0.5, 0.6) is 0 Å². The van der Waals surface area contributed by atoms with Gasteiger partial charge < -0.3 is 5.32 Å². The summed E-state index contributed by atoms with van der Waals surface area (Å²) in [5.41, 5.74) is 4.34. The zero-order valence-corrected chi connectivity index (χ0v) is 12.8. The second kappa shape index (κ2) is 7.50. The second-order valence-electron chi connectivity index (χ2n) is 5.40. The van der Waals surface area contributed by atoms with E-state index in [0.29, 0.717) is 5.56 Å². The van der Waals surface area contributed by atoms with Gasteiger partial charge in [0.05, 0.1) is 11.6 Å². The van der Waals surface area contributed by atoms with Crippen LogP contribution in [0.2, 0.25) is 0 Å². The number of nitrogens with one attached hydrogen (secondary N) is 1. The van der Waals surface area contributed by atoms with Crippen LogP contribution >= 0.6 is 0 Å². The van der Waals surface area contributed by atoms with Gasteiger partial charge in [0.25, 0.3) is 0 Å². The molecule has 0 aliphatic heterocycles. The van der Waals surface area contributed by atoms with E-state index < -0.39 is 0 Å². The number of anilines is 1. The first-order valence-electron chi connectivity index (χ1n) is 7.58. The van der Waals surface area contributed by atoms with Crippen LogP contribution in [0.25, 0.3) is 0 Å². The van der Waals surface area contributed by atoms with Crippen molar-refractivity contribution in [2.45, 2.75) is 39.2 Å². The van der Waals surface area contributed by atoms with E-state index in [1.165, 1.54) is 18.4 Å². The van der Waals surface area contributed by atoms with Crippen molar-refractivity contribution in [3.63, 3.8) is 0 Å². The van der Waals surface area contributed by atoms with E-state index >= 15 is 0 Å². The van der Waals surface area contributed by atoms with Gasteiger partial charge in [-0.05, 0) is 55.2 Å². The molecular formula is C19H22N2. The predicted molar refractivity (Wildman–Crippen MR) is 88.2 cm³/mol. The fraction of sp³-hybridized carbons (Fsp3) is 0.316. The normalized spacial score (nSPS) is 11.7. The van der Waals surface area contributed by atoms with Crippen molar-refractivity contribution in [3.05, 3.63) is 65.2 Å². The third-order valence-electron chi connectivity index (χ3n) is 3.67. The van der Waals surface area contributed by atoms with E-state index in [4.69, 9.17) is 5.26 Å². The summed E-state index contributed by atoms with van der Waals surface area (Å²) in [5, 5.41) is 12.4. The van der Waals surface area contributed by atoms with E-state index in [1.807, 2.05) is 24.3 Å². The molecule has 0 heterocycles. The Morgan fingerprint density at radius 1 is 1.14 bits per heavy atom. The van der Waals surface area contributed by atoms with Gasteiger partial charge in [-0.2, -0.15) is 5.26 Å². The zero-order chi connectivity index (χ0) is 15.1. The van der Waals surface area contributed by atoms with Crippen LogP contribution in [0.1, 0.15) is 49.4 Å². The third kappa shape index (κ3) is 4.36. The summed E-state index contributed by atoms with van der Waals surface area (Å²) in [5.74, 6) is 0. The maximum absolute atomic E-state index is 8.96. The minimum atomic E-state index is 0.180. The number of hydrogen-bond acceptors (Lipinski definition) is 2. The Morgan fingerprint density at radius 3 is 2.57 bits per heavy atom. The van der Waals surface area contributed by atoms with Gasteiger partial charge >= 0.3 is 0 Å². The Balaban J connectivity index is 2.01. The lowest BCUT2D eigenvalue weighted by Gasteiger charge is -2.16. The van der Waals surface area contributed by atoms with E-state index in [0.717, 1.165) is 17.7 Å². The highest BCUT2D eigenvalue weighted by atomic mass is 14.9. The number of benzene rings is 2. The number of hydrogen-bond donors (Lipinski definition) is 1. The summed E-state index contributed by atoms with van der Waals surface area (Å²) >= 11 is 0. The van der Waals surface area contributed by atoms with Gasteiger partial charge in [-0.15, -0.1) is 0 Å². The van der Waals surface area contributed by atoms with Crippen LogP contribution in [0.15, 0.2) is 48.5 Å². The van der Waals surface area contributed by atoms with Crippen molar-refractivity contribution in [1.82, 2.24) is 0 Å². The number of nitriles is 1. The van der Waals surface area contributed by atoms with Gasteiger partial charge in [0.2, 0.25) is 0 Å². The molecule has 0 fully saturated rings. The molecule has 0 saturated carbocycles. The van der Waals surface area contributed by atoms with Crippen LogP contribution in [0.3, 0.4) is 0 Å². The van der Waals surface area contributed by atoms with Crippen molar-refractivity contribution in [2.75, 3.05) is 5.32 Å². The van der Waals surface area contributed by atoms with E-state index in [9.17, 15) is 0 Å². The van der Waals surface area contributed by atoms with Crippen molar-refractivity contribution in [3.8, 4) is 6.07 Å². The third-order valence-corrected chi connectivity index (χ3v) is 3.67. The zero-order valence-electron chi connectivity index (χ0n) is 12.8. The van der Waals surface area contributed by atoms with Gasteiger partial charge in [0, 0.05) is 11.7 Å². The quantitative estimate of drug-likeness (QED) is 0.800. The summed E-state index contributed by atoms with van der Waals surface area (Å²) in [6, 6.07) is 18.8. The molecule has 0 amide bonds. The van der Waals surface area contributed by atoms with Crippen molar-refractivity contribution < 1.29 is 0 Å². The lowest BCUT2D eigenvalue weighted by Crippen LogP contribution is -2.06. The molecule has 0 aliphatic carbocycles. The van der Waals surface area contributed by atoms with Gasteiger partial charge in [0.15, 0.2) is 0 Å². The first kappa shape index (κ1) is 15.1. The number of rotatable bonds is 6. The summed E-state index contributed by atoms with van der Waals surface area (Å²) < 4.78 is 0. The Morgan fingerprint density at radius 2 is 1.90 bits per heavy atom. The molecule has 2 aromatic carbocycles. The molecule has 1 unspecified atom stereocenters. The average Bonchev–Trinajstić information content (AvgIpc) is 2.54. The van der Waals surface area contributed by atoms with Crippen molar-refractivity contribution in [1.29, 1.82) is 5.26 Å². The molecule has 21 heavy (non-hydrogen) atoms. The monoisotopic (exact) mass is 278 g/mol. The highest BCUT2D eigenvalue weighted by Crippen LogP contribution is 2.20. The number of nitrogens with zero attached hydrogens (tertiary/aromatic N) is 1. The minimum absolute atomic E-state index is 0.180. The molecule has 2 aromatic rings. The van der Waals surface area contributed by atoms with Crippen molar-refractivity contribution >= 4 is 5.69 Å². The lowest BCUT2D eigenvalue weighted by atomic mass is 10.0. The molecule has 1 N–H and O–H groups in total. The molecule has 0 saturated heterocycles. The molecule has 0 aliphatic rings.